The monoisotopic (exact) mass is 287 g/mol. The molecule has 0 radical (unpaired) electrons. The van der Waals surface area contributed by atoms with Crippen molar-refractivity contribution in [2.75, 3.05) is 24.7 Å². The van der Waals surface area contributed by atoms with Gasteiger partial charge in [-0.25, -0.2) is 8.42 Å². The Morgan fingerprint density at radius 3 is 2.84 bits per heavy atom. The zero-order valence-electron chi connectivity index (χ0n) is 11.0. The molecule has 6 heteroatoms. The van der Waals surface area contributed by atoms with Crippen molar-refractivity contribution < 1.29 is 17.6 Å². The first-order chi connectivity index (χ1) is 9.16. The fourth-order valence-electron chi connectivity index (χ4n) is 2.14. The number of furan rings is 1. The van der Waals surface area contributed by atoms with Gasteiger partial charge in [-0.3, -0.25) is 0 Å². The first-order valence-electron chi connectivity index (χ1n) is 6.70. The first kappa shape index (κ1) is 14.6. The van der Waals surface area contributed by atoms with E-state index in [1.807, 2.05) is 12.1 Å². The van der Waals surface area contributed by atoms with Crippen molar-refractivity contribution in [1.29, 1.82) is 0 Å². The van der Waals surface area contributed by atoms with E-state index in [0.717, 1.165) is 31.6 Å². The molecule has 0 aromatic carbocycles. The number of hydrogen-bond acceptors (Lipinski definition) is 5. The molecule has 19 heavy (non-hydrogen) atoms. The van der Waals surface area contributed by atoms with Gasteiger partial charge >= 0.3 is 0 Å². The van der Waals surface area contributed by atoms with Gasteiger partial charge in [-0.15, -0.1) is 0 Å². The summed E-state index contributed by atoms with van der Waals surface area (Å²) in [6.45, 7) is 2.05. The molecule has 1 N–H and O–H groups in total. The van der Waals surface area contributed by atoms with Crippen LogP contribution in [0.4, 0.5) is 0 Å². The SMILES string of the molecule is O=S1(=O)CCC(NCCCOCc2ccco2)CC1. The number of ether oxygens (including phenoxy) is 1. The highest BCUT2D eigenvalue weighted by molar-refractivity contribution is 7.91. The number of sulfone groups is 1. The average Bonchev–Trinajstić information content (AvgIpc) is 2.88. The summed E-state index contributed by atoms with van der Waals surface area (Å²) in [5, 5.41) is 3.39. The van der Waals surface area contributed by atoms with Crippen LogP contribution in [0.5, 0.6) is 0 Å². The molecule has 1 saturated heterocycles. The molecule has 0 saturated carbocycles. The second kappa shape index (κ2) is 7.07. The van der Waals surface area contributed by atoms with E-state index < -0.39 is 9.84 Å². The lowest BCUT2D eigenvalue weighted by molar-refractivity contribution is 0.103. The largest absolute Gasteiger partial charge is 0.467 e. The molecule has 0 amide bonds. The molecule has 1 aliphatic rings. The minimum atomic E-state index is -2.76. The van der Waals surface area contributed by atoms with Crippen LogP contribution in [0.15, 0.2) is 22.8 Å². The smallest absolute Gasteiger partial charge is 0.150 e. The van der Waals surface area contributed by atoms with Crippen molar-refractivity contribution in [2.45, 2.75) is 31.9 Å². The van der Waals surface area contributed by atoms with E-state index in [9.17, 15) is 8.42 Å². The third-order valence-corrected chi connectivity index (χ3v) is 4.99. The van der Waals surface area contributed by atoms with Gasteiger partial charge in [-0.1, -0.05) is 0 Å². The van der Waals surface area contributed by atoms with E-state index in [2.05, 4.69) is 5.32 Å². The number of hydrogen-bond donors (Lipinski definition) is 1. The molecule has 2 heterocycles. The second-order valence-electron chi connectivity index (χ2n) is 4.87. The maximum absolute atomic E-state index is 11.3. The molecule has 0 spiro atoms. The molecule has 1 aromatic rings. The van der Waals surface area contributed by atoms with Crippen LogP contribution in [0.1, 0.15) is 25.0 Å². The molecule has 1 aromatic heterocycles. The van der Waals surface area contributed by atoms with Crippen molar-refractivity contribution in [3.05, 3.63) is 24.2 Å². The maximum atomic E-state index is 11.3. The quantitative estimate of drug-likeness (QED) is 0.767. The summed E-state index contributed by atoms with van der Waals surface area (Å²) in [4.78, 5) is 0. The normalized spacial score (nSPS) is 19.6. The van der Waals surface area contributed by atoms with Gasteiger partial charge in [0.1, 0.15) is 22.2 Å². The molecule has 1 fully saturated rings. The third kappa shape index (κ3) is 5.34. The van der Waals surface area contributed by atoms with Crippen LogP contribution in [0.3, 0.4) is 0 Å². The Morgan fingerprint density at radius 1 is 1.37 bits per heavy atom. The summed E-state index contributed by atoms with van der Waals surface area (Å²) >= 11 is 0. The fraction of sp³-hybridized carbons (Fsp3) is 0.692. The van der Waals surface area contributed by atoms with Crippen LogP contribution < -0.4 is 5.32 Å². The summed E-state index contributed by atoms with van der Waals surface area (Å²) < 4.78 is 33.2. The van der Waals surface area contributed by atoms with Gasteiger partial charge in [0.05, 0.1) is 17.8 Å². The van der Waals surface area contributed by atoms with Gasteiger partial charge in [0.15, 0.2) is 0 Å². The molecule has 0 aliphatic carbocycles. The average molecular weight is 287 g/mol. The lowest BCUT2D eigenvalue weighted by Gasteiger charge is -2.23. The Bertz CT molecular complexity index is 441. The van der Waals surface area contributed by atoms with Crippen LogP contribution >= 0.6 is 0 Å². The van der Waals surface area contributed by atoms with E-state index in [1.165, 1.54) is 0 Å². The van der Waals surface area contributed by atoms with E-state index in [4.69, 9.17) is 9.15 Å². The molecule has 0 atom stereocenters. The lowest BCUT2D eigenvalue weighted by Crippen LogP contribution is -2.38. The van der Waals surface area contributed by atoms with Gasteiger partial charge < -0.3 is 14.5 Å². The molecule has 0 bridgehead atoms. The van der Waals surface area contributed by atoms with E-state index in [-0.39, 0.29) is 0 Å². The summed E-state index contributed by atoms with van der Waals surface area (Å²) in [6, 6.07) is 4.08. The first-order valence-corrected chi connectivity index (χ1v) is 8.52. The van der Waals surface area contributed by atoms with E-state index in [0.29, 0.717) is 30.8 Å². The van der Waals surface area contributed by atoms with E-state index >= 15 is 0 Å². The van der Waals surface area contributed by atoms with Crippen molar-refractivity contribution >= 4 is 9.84 Å². The Hall–Kier alpha value is -0.850. The molecular weight excluding hydrogens is 266 g/mol. The van der Waals surface area contributed by atoms with Crippen molar-refractivity contribution in [3.63, 3.8) is 0 Å². The van der Waals surface area contributed by atoms with Crippen molar-refractivity contribution in [3.8, 4) is 0 Å². The maximum Gasteiger partial charge on any atom is 0.150 e. The van der Waals surface area contributed by atoms with Crippen LogP contribution in [0.2, 0.25) is 0 Å². The Labute approximate surface area is 114 Å². The second-order valence-corrected chi connectivity index (χ2v) is 7.17. The van der Waals surface area contributed by atoms with Crippen LogP contribution in [-0.2, 0) is 21.2 Å². The highest BCUT2D eigenvalue weighted by atomic mass is 32.2. The van der Waals surface area contributed by atoms with Crippen molar-refractivity contribution in [1.82, 2.24) is 5.32 Å². The summed E-state index contributed by atoms with van der Waals surface area (Å²) in [5.41, 5.74) is 0. The molecule has 0 unspecified atom stereocenters. The van der Waals surface area contributed by atoms with Crippen molar-refractivity contribution in [2.24, 2.45) is 0 Å². The van der Waals surface area contributed by atoms with Gasteiger partial charge in [-0.05, 0) is 37.9 Å². The van der Waals surface area contributed by atoms with Gasteiger partial charge in [0.25, 0.3) is 0 Å². The zero-order chi connectivity index (χ0) is 13.6. The molecule has 5 nitrogen and oxygen atoms in total. The topological polar surface area (TPSA) is 68.5 Å². The minimum absolute atomic E-state index is 0.319. The Balaban J connectivity index is 1.48. The number of rotatable bonds is 7. The van der Waals surface area contributed by atoms with Gasteiger partial charge in [0.2, 0.25) is 0 Å². The van der Waals surface area contributed by atoms with E-state index in [1.54, 1.807) is 6.26 Å². The summed E-state index contributed by atoms with van der Waals surface area (Å²) in [7, 11) is -2.76. The predicted octanol–water partition coefficient (Wildman–Crippen LogP) is 1.35. The summed E-state index contributed by atoms with van der Waals surface area (Å²) in [6.07, 6.45) is 4.02. The van der Waals surface area contributed by atoms with Crippen LogP contribution in [-0.4, -0.2) is 39.1 Å². The zero-order valence-corrected chi connectivity index (χ0v) is 11.8. The minimum Gasteiger partial charge on any atom is -0.467 e. The molecule has 108 valence electrons. The molecule has 1 aliphatic heterocycles. The fourth-order valence-corrected chi connectivity index (χ4v) is 3.63. The summed E-state index contributed by atoms with van der Waals surface area (Å²) in [5.74, 6) is 1.48. The highest BCUT2D eigenvalue weighted by Crippen LogP contribution is 2.11. The third-order valence-electron chi connectivity index (χ3n) is 3.28. The van der Waals surface area contributed by atoms with Gasteiger partial charge in [-0.2, -0.15) is 0 Å². The van der Waals surface area contributed by atoms with Crippen LogP contribution in [0.25, 0.3) is 0 Å². The lowest BCUT2D eigenvalue weighted by atomic mass is 10.1. The predicted molar refractivity (Wildman–Crippen MR) is 72.7 cm³/mol. The Morgan fingerprint density at radius 2 is 2.16 bits per heavy atom. The van der Waals surface area contributed by atoms with Crippen LogP contribution in [0, 0.1) is 0 Å². The van der Waals surface area contributed by atoms with Gasteiger partial charge in [0, 0.05) is 12.6 Å². The molecular formula is C13H21NO4S. The highest BCUT2D eigenvalue weighted by Gasteiger charge is 2.22. The molecule has 2 rings (SSSR count). The standard InChI is InChI=1S/C13H21NO4S/c15-19(16)9-4-12(5-10-19)14-6-2-7-17-11-13-3-1-8-18-13/h1,3,8,12,14H,2,4-7,9-11H2. The number of nitrogens with one attached hydrogen (secondary N) is 1. The Kier molecular flexibility index (Phi) is 5.42.